The molecule has 0 bridgehead atoms. The Morgan fingerprint density at radius 1 is 1.28 bits per heavy atom. The fourth-order valence-electron chi connectivity index (χ4n) is 1.94. The molecular formula is C12H10F4O2. The van der Waals surface area contributed by atoms with Crippen LogP contribution in [0, 0.1) is 5.82 Å². The molecule has 1 saturated heterocycles. The summed E-state index contributed by atoms with van der Waals surface area (Å²) in [4.78, 5) is 11.2. The average molecular weight is 262 g/mol. The molecule has 0 saturated carbocycles. The minimum absolute atomic E-state index is 0.0954. The lowest BCUT2D eigenvalue weighted by Gasteiger charge is -2.25. The van der Waals surface area contributed by atoms with Crippen LogP contribution in [0.15, 0.2) is 18.2 Å². The summed E-state index contributed by atoms with van der Waals surface area (Å²) < 4.78 is 56.4. The van der Waals surface area contributed by atoms with Crippen molar-refractivity contribution in [1.82, 2.24) is 0 Å². The standard InChI is InChI=1S/C12H10F4O2/c13-7-1-2-9(10(5-7)12(14,15)16)11-6-8(17)3-4-18-11/h1-2,5,11H,3-4,6H2. The number of halogens is 4. The van der Waals surface area contributed by atoms with Gasteiger partial charge in [-0.15, -0.1) is 0 Å². The quantitative estimate of drug-likeness (QED) is 0.726. The fourth-order valence-corrected chi connectivity index (χ4v) is 1.94. The van der Waals surface area contributed by atoms with Gasteiger partial charge in [0.05, 0.1) is 18.3 Å². The van der Waals surface area contributed by atoms with Crippen molar-refractivity contribution in [2.45, 2.75) is 25.1 Å². The lowest BCUT2D eigenvalue weighted by atomic mass is 9.95. The molecule has 0 radical (unpaired) electrons. The number of carbonyl (C=O) groups is 1. The Balaban J connectivity index is 2.40. The third-order valence-corrected chi connectivity index (χ3v) is 2.78. The molecular weight excluding hydrogens is 252 g/mol. The van der Waals surface area contributed by atoms with Crippen LogP contribution in [0.5, 0.6) is 0 Å². The highest BCUT2D eigenvalue weighted by Gasteiger charge is 2.37. The third-order valence-electron chi connectivity index (χ3n) is 2.78. The molecule has 1 heterocycles. The fraction of sp³-hybridized carbons (Fsp3) is 0.417. The summed E-state index contributed by atoms with van der Waals surface area (Å²) in [5.41, 5.74) is -1.26. The second-order valence-corrected chi connectivity index (χ2v) is 4.08. The van der Waals surface area contributed by atoms with E-state index in [1.807, 2.05) is 0 Å². The average Bonchev–Trinajstić information content (AvgIpc) is 2.27. The van der Waals surface area contributed by atoms with E-state index in [1.54, 1.807) is 0 Å². The maximum atomic E-state index is 12.9. The Labute approximate surface area is 101 Å². The molecule has 1 aliphatic heterocycles. The Bertz CT molecular complexity index is 468. The zero-order chi connectivity index (χ0) is 13.3. The molecule has 98 valence electrons. The highest BCUT2D eigenvalue weighted by molar-refractivity contribution is 5.79. The first-order valence-corrected chi connectivity index (χ1v) is 5.38. The minimum atomic E-state index is -4.67. The van der Waals surface area contributed by atoms with Crippen LogP contribution < -0.4 is 0 Å². The molecule has 1 aromatic rings. The van der Waals surface area contributed by atoms with E-state index in [0.29, 0.717) is 6.07 Å². The Morgan fingerprint density at radius 3 is 2.61 bits per heavy atom. The highest BCUT2D eigenvalue weighted by Crippen LogP contribution is 2.38. The summed E-state index contributed by atoms with van der Waals surface area (Å²) in [5, 5.41) is 0. The van der Waals surface area contributed by atoms with Gasteiger partial charge in [-0.25, -0.2) is 4.39 Å². The molecule has 1 atom stereocenters. The van der Waals surface area contributed by atoms with Gasteiger partial charge < -0.3 is 4.74 Å². The smallest absolute Gasteiger partial charge is 0.373 e. The van der Waals surface area contributed by atoms with Gasteiger partial charge in [0.25, 0.3) is 0 Å². The molecule has 0 spiro atoms. The molecule has 1 fully saturated rings. The number of benzene rings is 1. The third kappa shape index (κ3) is 2.69. The van der Waals surface area contributed by atoms with Crippen LogP contribution in [-0.4, -0.2) is 12.4 Å². The van der Waals surface area contributed by atoms with E-state index in [0.717, 1.165) is 12.1 Å². The predicted molar refractivity (Wildman–Crippen MR) is 54.3 cm³/mol. The zero-order valence-electron chi connectivity index (χ0n) is 9.26. The van der Waals surface area contributed by atoms with Gasteiger partial charge in [-0.05, 0) is 17.7 Å². The second kappa shape index (κ2) is 4.68. The predicted octanol–water partition coefficient (Wildman–Crippen LogP) is 3.27. The molecule has 1 aromatic carbocycles. The molecule has 1 unspecified atom stereocenters. The van der Waals surface area contributed by atoms with Crippen molar-refractivity contribution in [3.05, 3.63) is 35.1 Å². The van der Waals surface area contributed by atoms with Crippen LogP contribution in [-0.2, 0) is 15.7 Å². The van der Waals surface area contributed by atoms with Gasteiger partial charge in [0.1, 0.15) is 11.6 Å². The SMILES string of the molecule is O=C1CCOC(c2ccc(F)cc2C(F)(F)F)C1. The number of Topliss-reactive ketones (excluding diaryl/α,β-unsaturated/α-hetero) is 1. The number of ether oxygens (including phenoxy) is 1. The maximum absolute atomic E-state index is 12.9. The van der Waals surface area contributed by atoms with Crippen molar-refractivity contribution in [2.75, 3.05) is 6.61 Å². The van der Waals surface area contributed by atoms with Crippen LogP contribution in [0.25, 0.3) is 0 Å². The normalized spacial score (nSPS) is 21.1. The summed E-state index contributed by atoms with van der Waals surface area (Å²) in [6.45, 7) is 0.0954. The van der Waals surface area contributed by atoms with Crippen LogP contribution in [0.1, 0.15) is 30.1 Å². The van der Waals surface area contributed by atoms with Crippen molar-refractivity contribution in [3.63, 3.8) is 0 Å². The van der Waals surface area contributed by atoms with E-state index < -0.39 is 23.7 Å². The number of rotatable bonds is 1. The highest BCUT2D eigenvalue weighted by atomic mass is 19.4. The van der Waals surface area contributed by atoms with Crippen LogP contribution >= 0.6 is 0 Å². The monoisotopic (exact) mass is 262 g/mol. The first-order valence-electron chi connectivity index (χ1n) is 5.38. The Kier molecular flexibility index (Phi) is 3.38. The molecule has 0 N–H and O–H groups in total. The molecule has 2 rings (SSSR count). The lowest BCUT2D eigenvalue weighted by molar-refractivity contribution is -0.142. The summed E-state index contributed by atoms with van der Waals surface area (Å²) in [6.07, 6.45) is -5.50. The second-order valence-electron chi connectivity index (χ2n) is 4.08. The van der Waals surface area contributed by atoms with Crippen molar-refractivity contribution < 1.29 is 27.1 Å². The summed E-state index contributed by atoms with van der Waals surface area (Å²) >= 11 is 0. The van der Waals surface area contributed by atoms with E-state index in [-0.39, 0.29) is 30.8 Å². The van der Waals surface area contributed by atoms with Crippen molar-refractivity contribution in [3.8, 4) is 0 Å². The minimum Gasteiger partial charge on any atom is -0.373 e. The van der Waals surface area contributed by atoms with E-state index in [9.17, 15) is 22.4 Å². The van der Waals surface area contributed by atoms with Crippen molar-refractivity contribution in [1.29, 1.82) is 0 Å². The number of alkyl halides is 3. The lowest BCUT2D eigenvalue weighted by Crippen LogP contribution is -2.22. The van der Waals surface area contributed by atoms with Crippen LogP contribution in [0.3, 0.4) is 0 Å². The molecule has 18 heavy (non-hydrogen) atoms. The van der Waals surface area contributed by atoms with Crippen molar-refractivity contribution >= 4 is 5.78 Å². The number of hydrogen-bond donors (Lipinski definition) is 0. The van der Waals surface area contributed by atoms with Gasteiger partial charge in [0.15, 0.2) is 0 Å². The summed E-state index contributed by atoms with van der Waals surface area (Å²) in [7, 11) is 0. The number of hydrogen-bond acceptors (Lipinski definition) is 2. The van der Waals surface area contributed by atoms with Gasteiger partial charge in [0.2, 0.25) is 0 Å². The van der Waals surface area contributed by atoms with Crippen molar-refractivity contribution in [2.24, 2.45) is 0 Å². The van der Waals surface area contributed by atoms with Gasteiger partial charge in [-0.1, -0.05) is 6.07 Å². The van der Waals surface area contributed by atoms with E-state index in [4.69, 9.17) is 4.74 Å². The maximum Gasteiger partial charge on any atom is 0.416 e. The number of carbonyl (C=O) groups excluding carboxylic acids is 1. The molecule has 0 aromatic heterocycles. The molecule has 1 aliphatic rings. The van der Waals surface area contributed by atoms with E-state index in [2.05, 4.69) is 0 Å². The van der Waals surface area contributed by atoms with Gasteiger partial charge >= 0.3 is 6.18 Å². The Hall–Kier alpha value is -1.43. The van der Waals surface area contributed by atoms with Gasteiger partial charge in [0, 0.05) is 12.8 Å². The summed E-state index contributed by atoms with van der Waals surface area (Å²) in [6, 6.07) is 2.40. The first-order chi connectivity index (χ1) is 8.38. The first kappa shape index (κ1) is 13.0. The van der Waals surface area contributed by atoms with Crippen LogP contribution in [0.4, 0.5) is 17.6 Å². The molecule has 0 aliphatic carbocycles. The van der Waals surface area contributed by atoms with E-state index >= 15 is 0 Å². The Morgan fingerprint density at radius 2 is 2.00 bits per heavy atom. The zero-order valence-corrected chi connectivity index (χ0v) is 9.26. The number of ketones is 1. The molecule has 2 nitrogen and oxygen atoms in total. The van der Waals surface area contributed by atoms with E-state index in [1.165, 1.54) is 0 Å². The molecule has 0 amide bonds. The van der Waals surface area contributed by atoms with Gasteiger partial charge in [-0.2, -0.15) is 13.2 Å². The largest absolute Gasteiger partial charge is 0.416 e. The van der Waals surface area contributed by atoms with Crippen LogP contribution in [0.2, 0.25) is 0 Å². The van der Waals surface area contributed by atoms with Gasteiger partial charge in [-0.3, -0.25) is 4.79 Å². The summed E-state index contributed by atoms with van der Waals surface area (Å²) in [5.74, 6) is -1.11. The topological polar surface area (TPSA) is 26.3 Å². The molecule has 6 heteroatoms.